The highest BCUT2D eigenvalue weighted by molar-refractivity contribution is 5.79. The van der Waals surface area contributed by atoms with Gasteiger partial charge in [0.25, 0.3) is 5.88 Å². The van der Waals surface area contributed by atoms with Crippen molar-refractivity contribution in [3.05, 3.63) is 58.3 Å². The molecule has 1 unspecified atom stereocenters. The second kappa shape index (κ2) is 12.1. The number of aliphatic hydroxyl groups excluding tert-OH is 1. The number of hydrogen-bond donors (Lipinski definition) is 2. The Bertz CT molecular complexity index is 1140. The van der Waals surface area contributed by atoms with Crippen LogP contribution in [0.25, 0.3) is 0 Å². The van der Waals surface area contributed by atoms with Crippen molar-refractivity contribution in [3.63, 3.8) is 0 Å². The molecule has 2 aliphatic rings. The first-order valence-corrected chi connectivity index (χ1v) is 12.2. The van der Waals surface area contributed by atoms with Gasteiger partial charge in [-0.1, -0.05) is 12.1 Å². The molecule has 11 nitrogen and oxygen atoms in total. The molecule has 3 heterocycles. The van der Waals surface area contributed by atoms with Crippen molar-refractivity contribution in [2.45, 2.75) is 50.2 Å². The molecule has 2 aromatic rings. The molecule has 0 saturated carbocycles. The number of pyridine rings is 1. The molecule has 0 aliphatic carbocycles. The molecule has 1 amide bonds. The number of alkyl halides is 1. The highest BCUT2D eigenvalue weighted by Crippen LogP contribution is 2.29. The maximum absolute atomic E-state index is 13.8. The van der Waals surface area contributed by atoms with Crippen molar-refractivity contribution < 1.29 is 24.0 Å². The molecule has 2 fully saturated rings. The van der Waals surface area contributed by atoms with E-state index in [-0.39, 0.29) is 30.6 Å². The number of halogens is 1. The van der Waals surface area contributed by atoms with E-state index in [0.29, 0.717) is 38.1 Å². The van der Waals surface area contributed by atoms with Crippen molar-refractivity contribution in [3.8, 4) is 17.7 Å². The number of hydrogen-bond acceptors (Lipinski definition) is 9. The van der Waals surface area contributed by atoms with E-state index in [1.165, 1.54) is 18.3 Å². The molecule has 2 saturated heterocycles. The number of carbonyl (C=O) groups excluding carboxylic acids is 1. The predicted molar refractivity (Wildman–Crippen MR) is 130 cm³/mol. The van der Waals surface area contributed by atoms with Crippen LogP contribution in [0.2, 0.25) is 0 Å². The van der Waals surface area contributed by atoms with Crippen LogP contribution in [0.1, 0.15) is 24.8 Å². The molecule has 1 aromatic carbocycles. The minimum atomic E-state index is -1.02. The summed E-state index contributed by atoms with van der Waals surface area (Å²) in [5, 5.41) is 34.6. The van der Waals surface area contributed by atoms with Gasteiger partial charge in [-0.25, -0.2) is 9.37 Å². The van der Waals surface area contributed by atoms with Gasteiger partial charge in [-0.2, -0.15) is 5.26 Å². The number of ether oxygens (including phenoxy) is 1. The van der Waals surface area contributed by atoms with E-state index >= 15 is 0 Å². The van der Waals surface area contributed by atoms with E-state index in [1.54, 1.807) is 34.1 Å². The first-order chi connectivity index (χ1) is 17.9. The Labute approximate surface area is 213 Å². The molecular weight excluding hydrogens is 483 g/mol. The third-order valence-corrected chi connectivity index (χ3v) is 6.68. The SMILES string of the molecule is N#C[C@@H]1CCCN1C(=O)CN[C@@H](Cc1ccc(Oc2ncccc2[N+](=O)[O-])cc1)C(O)N1CC[C@H](F)C1. The molecule has 4 rings (SSSR count). The summed E-state index contributed by atoms with van der Waals surface area (Å²) in [6.07, 6.45) is 1.46. The van der Waals surface area contributed by atoms with Crippen molar-refractivity contribution in [2.75, 3.05) is 26.2 Å². The average molecular weight is 513 g/mol. The van der Waals surface area contributed by atoms with Gasteiger partial charge in [-0.05, 0) is 49.4 Å². The number of rotatable bonds is 10. The first kappa shape index (κ1) is 26.4. The van der Waals surface area contributed by atoms with Crippen LogP contribution in [0.4, 0.5) is 10.1 Å². The minimum Gasteiger partial charge on any atom is -0.434 e. The molecular formula is C25H29FN6O5. The lowest BCUT2D eigenvalue weighted by molar-refractivity contribution is -0.386. The van der Waals surface area contributed by atoms with Crippen molar-refractivity contribution in [1.29, 1.82) is 5.26 Å². The fourth-order valence-electron chi connectivity index (χ4n) is 4.70. The Balaban J connectivity index is 1.44. The summed E-state index contributed by atoms with van der Waals surface area (Å²) in [5.74, 6) is 0.00930. The van der Waals surface area contributed by atoms with E-state index in [0.717, 1.165) is 12.0 Å². The van der Waals surface area contributed by atoms with Crippen LogP contribution in [0.5, 0.6) is 11.6 Å². The Morgan fingerprint density at radius 3 is 2.78 bits per heavy atom. The predicted octanol–water partition coefficient (Wildman–Crippen LogP) is 2.16. The lowest BCUT2D eigenvalue weighted by Crippen LogP contribution is -2.53. The molecule has 4 atom stereocenters. The number of nitrogens with zero attached hydrogens (tertiary/aromatic N) is 5. The van der Waals surface area contributed by atoms with Gasteiger partial charge in [-0.3, -0.25) is 19.8 Å². The quantitative estimate of drug-likeness (QED) is 0.361. The molecule has 1 aromatic heterocycles. The van der Waals surface area contributed by atoms with Gasteiger partial charge in [0.05, 0.1) is 23.6 Å². The van der Waals surface area contributed by atoms with Gasteiger partial charge in [-0.15, -0.1) is 0 Å². The third kappa shape index (κ3) is 6.56. The van der Waals surface area contributed by atoms with Crippen molar-refractivity contribution >= 4 is 11.6 Å². The number of likely N-dealkylation sites (tertiary alicyclic amines) is 2. The normalized spacial score (nSPS) is 21.4. The second-order valence-electron chi connectivity index (χ2n) is 9.19. The van der Waals surface area contributed by atoms with Crippen LogP contribution >= 0.6 is 0 Å². The summed E-state index contributed by atoms with van der Waals surface area (Å²) in [5.41, 5.74) is 0.552. The highest BCUT2D eigenvalue weighted by atomic mass is 19.1. The van der Waals surface area contributed by atoms with Gasteiger partial charge in [0, 0.05) is 31.9 Å². The number of carbonyl (C=O) groups is 1. The molecule has 0 radical (unpaired) electrons. The van der Waals surface area contributed by atoms with Crippen LogP contribution < -0.4 is 10.1 Å². The van der Waals surface area contributed by atoms with E-state index < -0.39 is 29.4 Å². The standard InChI is InChI=1S/C25H29FN6O5/c26-18-9-12-30(16-18)25(34)21(29-15-23(33)31-11-2-3-19(31)14-27)13-17-5-7-20(8-6-17)37-24-22(32(35)36)4-1-10-28-24/h1,4-8,10,18-19,21,25,29,34H,2-3,9,11-13,15-16H2/t18-,19-,21-,25?/m0/s1. The van der Waals surface area contributed by atoms with Crippen LogP contribution in [0, 0.1) is 21.4 Å². The third-order valence-electron chi connectivity index (χ3n) is 6.68. The maximum Gasteiger partial charge on any atom is 0.331 e. The molecule has 0 bridgehead atoms. The molecule has 2 N–H and O–H groups in total. The number of nitrogens with one attached hydrogen (secondary N) is 1. The lowest BCUT2D eigenvalue weighted by atomic mass is 10.0. The Hall–Kier alpha value is -3.66. The van der Waals surface area contributed by atoms with Gasteiger partial charge in [0.15, 0.2) is 0 Å². The van der Waals surface area contributed by atoms with E-state index in [4.69, 9.17) is 4.74 Å². The zero-order chi connectivity index (χ0) is 26.4. The lowest BCUT2D eigenvalue weighted by Gasteiger charge is -2.31. The molecule has 0 spiro atoms. The summed E-state index contributed by atoms with van der Waals surface area (Å²) >= 11 is 0. The fourth-order valence-corrected chi connectivity index (χ4v) is 4.70. The summed E-state index contributed by atoms with van der Waals surface area (Å²) < 4.78 is 19.4. The van der Waals surface area contributed by atoms with Gasteiger partial charge < -0.3 is 20.1 Å². The highest BCUT2D eigenvalue weighted by Gasteiger charge is 2.33. The van der Waals surface area contributed by atoms with E-state index in [9.17, 15) is 29.7 Å². The second-order valence-corrected chi connectivity index (χ2v) is 9.19. The van der Waals surface area contributed by atoms with Gasteiger partial charge in [0.2, 0.25) is 5.91 Å². The fraction of sp³-hybridized carbons (Fsp3) is 0.480. The van der Waals surface area contributed by atoms with Gasteiger partial charge >= 0.3 is 5.69 Å². The number of nitriles is 1. The van der Waals surface area contributed by atoms with E-state index in [2.05, 4.69) is 16.4 Å². The largest absolute Gasteiger partial charge is 0.434 e. The van der Waals surface area contributed by atoms with Crippen LogP contribution in [-0.2, 0) is 11.2 Å². The summed E-state index contributed by atoms with van der Waals surface area (Å²) in [6, 6.07) is 10.7. The first-order valence-electron chi connectivity index (χ1n) is 12.2. The minimum absolute atomic E-state index is 0.0582. The van der Waals surface area contributed by atoms with Crippen LogP contribution in [0.15, 0.2) is 42.6 Å². The van der Waals surface area contributed by atoms with Crippen LogP contribution in [0.3, 0.4) is 0 Å². The Morgan fingerprint density at radius 1 is 1.32 bits per heavy atom. The number of amides is 1. The summed E-state index contributed by atoms with van der Waals surface area (Å²) in [7, 11) is 0. The number of aromatic nitrogens is 1. The van der Waals surface area contributed by atoms with Gasteiger partial charge in [0.1, 0.15) is 24.2 Å². The van der Waals surface area contributed by atoms with Crippen LogP contribution in [-0.4, -0.2) is 81.4 Å². The Morgan fingerprint density at radius 2 is 2.11 bits per heavy atom. The smallest absolute Gasteiger partial charge is 0.331 e. The summed E-state index contributed by atoms with van der Waals surface area (Å²) in [4.78, 5) is 30.5. The van der Waals surface area contributed by atoms with Crippen molar-refractivity contribution in [2.24, 2.45) is 0 Å². The Kier molecular flexibility index (Phi) is 8.60. The topological polar surface area (TPSA) is 145 Å². The molecule has 37 heavy (non-hydrogen) atoms. The zero-order valence-electron chi connectivity index (χ0n) is 20.2. The monoisotopic (exact) mass is 512 g/mol. The average Bonchev–Trinajstić information content (AvgIpc) is 3.56. The maximum atomic E-state index is 13.8. The van der Waals surface area contributed by atoms with E-state index in [1.807, 2.05) is 0 Å². The number of aliphatic hydroxyl groups is 1. The number of nitro groups is 1. The molecule has 2 aliphatic heterocycles. The number of benzene rings is 1. The molecule has 196 valence electrons. The zero-order valence-corrected chi connectivity index (χ0v) is 20.2. The summed E-state index contributed by atoms with van der Waals surface area (Å²) in [6.45, 7) is 0.993. The molecule has 12 heteroatoms. The van der Waals surface area contributed by atoms with Crippen molar-refractivity contribution in [1.82, 2.24) is 20.1 Å².